The molecule has 0 unspecified atom stereocenters. The first kappa shape index (κ1) is 20.4. The van der Waals surface area contributed by atoms with E-state index in [1.54, 1.807) is 23.9 Å². The molecule has 3 aromatic rings. The lowest BCUT2D eigenvalue weighted by Gasteiger charge is -2.02. The van der Waals surface area contributed by atoms with E-state index in [0.29, 0.717) is 23.3 Å². The van der Waals surface area contributed by atoms with Gasteiger partial charge in [-0.05, 0) is 49.4 Å². The van der Waals surface area contributed by atoms with Crippen molar-refractivity contribution in [2.45, 2.75) is 31.2 Å². The number of thioether (sulfide) groups is 1. The molecule has 0 fully saturated rings. The Morgan fingerprint density at radius 1 is 1.18 bits per heavy atom. The maximum Gasteiger partial charge on any atom is 0.337 e. The maximum atomic E-state index is 12.3. The molecule has 0 spiro atoms. The summed E-state index contributed by atoms with van der Waals surface area (Å²) >= 11 is 3.16. The predicted octanol–water partition coefficient (Wildman–Crippen LogP) is 4.51. The monoisotopic (exact) mass is 414 g/mol. The minimum Gasteiger partial charge on any atom is -0.465 e. The molecule has 5 nitrogen and oxygen atoms in total. The topological polar surface area (TPSA) is 60.7 Å². The molecule has 0 bridgehead atoms. The second-order valence-corrected chi connectivity index (χ2v) is 8.25. The number of nitrogens with zero attached hydrogens (tertiary/aromatic N) is 2. The highest BCUT2D eigenvalue weighted by molar-refractivity contribution is 7.99. The van der Waals surface area contributed by atoms with Gasteiger partial charge >= 0.3 is 5.97 Å². The van der Waals surface area contributed by atoms with Gasteiger partial charge < -0.3 is 9.30 Å². The van der Waals surface area contributed by atoms with Gasteiger partial charge in [0.15, 0.2) is 4.80 Å². The van der Waals surface area contributed by atoms with Crippen LogP contribution in [0.25, 0.3) is 10.2 Å². The first-order valence-corrected chi connectivity index (χ1v) is 10.9. The zero-order chi connectivity index (χ0) is 19.9. The molecule has 3 rings (SSSR count). The van der Waals surface area contributed by atoms with Gasteiger partial charge in [0.25, 0.3) is 0 Å². The number of carbonyl (C=O) groups excluding carboxylic acids is 2. The molecular weight excluding hydrogens is 392 g/mol. The Balaban J connectivity index is 1.71. The maximum absolute atomic E-state index is 12.3. The highest BCUT2D eigenvalue weighted by atomic mass is 32.2. The van der Waals surface area contributed by atoms with Gasteiger partial charge in [-0.2, -0.15) is 4.99 Å². The van der Waals surface area contributed by atoms with Gasteiger partial charge in [-0.15, -0.1) is 11.8 Å². The van der Waals surface area contributed by atoms with Crippen molar-refractivity contribution in [3.05, 3.63) is 58.9 Å². The number of hydrogen-bond acceptors (Lipinski definition) is 5. The Morgan fingerprint density at radius 2 is 1.96 bits per heavy atom. The van der Waals surface area contributed by atoms with Gasteiger partial charge in [0.2, 0.25) is 5.91 Å². The van der Waals surface area contributed by atoms with Crippen molar-refractivity contribution in [1.82, 2.24) is 4.57 Å². The molecule has 0 aliphatic heterocycles. The summed E-state index contributed by atoms with van der Waals surface area (Å²) in [4.78, 5) is 30.3. The standard InChI is InChI=1S/C21H22N2O3S2/c1-3-23-17-12-11-15(20(25)26-2)14-18(17)28-21(23)22-19(24)10-7-13-27-16-8-5-4-6-9-16/h4-6,8-9,11-12,14H,3,7,10,13H2,1-2H3. The molecular formula is C21H22N2O3S2. The van der Waals surface area contributed by atoms with Crippen molar-refractivity contribution < 1.29 is 14.3 Å². The number of rotatable bonds is 7. The number of benzene rings is 2. The van der Waals surface area contributed by atoms with E-state index < -0.39 is 0 Å². The van der Waals surface area contributed by atoms with Crippen LogP contribution in [0.1, 0.15) is 30.1 Å². The molecule has 0 aliphatic carbocycles. The Bertz CT molecular complexity index is 1040. The van der Waals surface area contributed by atoms with Crippen molar-refractivity contribution in [3.8, 4) is 0 Å². The number of methoxy groups -OCH3 is 1. The van der Waals surface area contributed by atoms with Crippen molar-refractivity contribution in [2.75, 3.05) is 12.9 Å². The van der Waals surface area contributed by atoms with Crippen LogP contribution >= 0.6 is 23.1 Å². The summed E-state index contributed by atoms with van der Waals surface area (Å²) in [6.45, 7) is 2.72. The van der Waals surface area contributed by atoms with Crippen molar-refractivity contribution in [3.63, 3.8) is 0 Å². The first-order valence-electron chi connectivity index (χ1n) is 9.09. The second kappa shape index (κ2) is 9.71. The molecule has 0 aliphatic rings. The molecule has 146 valence electrons. The zero-order valence-corrected chi connectivity index (χ0v) is 17.5. The van der Waals surface area contributed by atoms with Gasteiger partial charge in [-0.3, -0.25) is 4.79 Å². The quantitative estimate of drug-likeness (QED) is 0.324. The average Bonchev–Trinajstić information content (AvgIpc) is 3.07. The Labute approximate surface area is 172 Å². The minimum atomic E-state index is -0.371. The predicted molar refractivity (Wildman–Crippen MR) is 114 cm³/mol. The van der Waals surface area contributed by atoms with Crippen LogP contribution in [0.3, 0.4) is 0 Å². The number of fused-ring (bicyclic) bond motifs is 1. The molecule has 28 heavy (non-hydrogen) atoms. The molecule has 1 amide bonds. The van der Waals surface area contributed by atoms with Crippen LogP contribution in [0, 0.1) is 0 Å². The van der Waals surface area contributed by atoms with Gasteiger partial charge in [0.1, 0.15) is 0 Å². The molecule has 2 aromatic carbocycles. The largest absolute Gasteiger partial charge is 0.465 e. The lowest BCUT2D eigenvalue weighted by molar-refractivity contribution is -0.118. The molecule has 0 saturated carbocycles. The van der Waals surface area contributed by atoms with Crippen molar-refractivity contribution >= 4 is 45.2 Å². The van der Waals surface area contributed by atoms with Crippen LogP contribution in [-0.4, -0.2) is 29.3 Å². The Kier molecular flexibility index (Phi) is 7.06. The van der Waals surface area contributed by atoms with Crippen LogP contribution in [0.5, 0.6) is 0 Å². The lowest BCUT2D eigenvalue weighted by Crippen LogP contribution is -2.15. The highest BCUT2D eigenvalue weighted by Crippen LogP contribution is 2.20. The number of thiazole rings is 1. The van der Waals surface area contributed by atoms with Crippen LogP contribution < -0.4 is 4.80 Å². The number of ether oxygens (including phenoxy) is 1. The van der Waals surface area contributed by atoms with Crippen molar-refractivity contribution in [2.24, 2.45) is 4.99 Å². The van der Waals surface area contributed by atoms with Crippen LogP contribution in [-0.2, 0) is 16.1 Å². The lowest BCUT2D eigenvalue weighted by atomic mass is 10.2. The fourth-order valence-electron chi connectivity index (χ4n) is 2.80. The summed E-state index contributed by atoms with van der Waals surface area (Å²) in [6, 6.07) is 15.6. The van der Waals surface area contributed by atoms with E-state index in [2.05, 4.69) is 17.1 Å². The number of aryl methyl sites for hydroxylation is 1. The van der Waals surface area contributed by atoms with Crippen LogP contribution in [0.15, 0.2) is 58.4 Å². The van der Waals surface area contributed by atoms with Gasteiger partial charge in [-0.1, -0.05) is 29.5 Å². The zero-order valence-electron chi connectivity index (χ0n) is 15.9. The van der Waals surface area contributed by atoms with Crippen molar-refractivity contribution in [1.29, 1.82) is 0 Å². The number of carbonyl (C=O) groups is 2. The smallest absolute Gasteiger partial charge is 0.337 e. The summed E-state index contributed by atoms with van der Waals surface area (Å²) in [5.74, 6) is 0.396. The van der Waals surface area contributed by atoms with E-state index >= 15 is 0 Å². The fourth-order valence-corrected chi connectivity index (χ4v) is 4.83. The van der Waals surface area contributed by atoms with E-state index in [-0.39, 0.29) is 11.9 Å². The van der Waals surface area contributed by atoms with E-state index in [9.17, 15) is 9.59 Å². The Hall–Kier alpha value is -2.38. The second-order valence-electron chi connectivity index (χ2n) is 6.07. The molecule has 0 radical (unpaired) electrons. The normalized spacial score (nSPS) is 11.7. The van der Waals surface area contributed by atoms with Gasteiger partial charge in [0.05, 0.1) is 22.9 Å². The Morgan fingerprint density at radius 3 is 2.68 bits per heavy atom. The molecule has 1 heterocycles. The number of esters is 1. The first-order chi connectivity index (χ1) is 13.6. The molecule has 1 aromatic heterocycles. The SMILES string of the molecule is CCn1c(=NC(=O)CCCSc2ccccc2)sc2cc(C(=O)OC)ccc21. The molecule has 0 N–H and O–H groups in total. The third-order valence-electron chi connectivity index (χ3n) is 4.19. The van der Waals surface area contributed by atoms with E-state index in [4.69, 9.17) is 4.74 Å². The van der Waals surface area contributed by atoms with Crippen LogP contribution in [0.4, 0.5) is 0 Å². The van der Waals surface area contributed by atoms with E-state index in [0.717, 1.165) is 22.4 Å². The van der Waals surface area contributed by atoms with Gasteiger partial charge in [-0.25, -0.2) is 4.79 Å². The fraction of sp³-hybridized carbons (Fsp3) is 0.286. The molecule has 0 atom stereocenters. The summed E-state index contributed by atoms with van der Waals surface area (Å²) in [7, 11) is 1.36. The van der Waals surface area contributed by atoms with E-state index in [1.807, 2.05) is 35.8 Å². The average molecular weight is 415 g/mol. The number of aromatic nitrogens is 1. The third-order valence-corrected chi connectivity index (χ3v) is 6.33. The minimum absolute atomic E-state index is 0.115. The van der Waals surface area contributed by atoms with E-state index in [1.165, 1.54) is 23.3 Å². The summed E-state index contributed by atoms with van der Waals surface area (Å²) in [5.41, 5.74) is 1.46. The third kappa shape index (κ3) is 4.91. The molecule has 0 saturated heterocycles. The number of amides is 1. The molecule has 7 heteroatoms. The number of hydrogen-bond donors (Lipinski definition) is 0. The van der Waals surface area contributed by atoms with Gasteiger partial charge in [0, 0.05) is 17.9 Å². The summed E-state index contributed by atoms with van der Waals surface area (Å²) in [5, 5.41) is 0. The summed E-state index contributed by atoms with van der Waals surface area (Å²) in [6.07, 6.45) is 1.20. The van der Waals surface area contributed by atoms with Crippen LogP contribution in [0.2, 0.25) is 0 Å². The highest BCUT2D eigenvalue weighted by Gasteiger charge is 2.11. The summed E-state index contributed by atoms with van der Waals surface area (Å²) < 4.78 is 7.69.